The number of hydrogen-bond acceptors (Lipinski definition) is 2. The molecule has 1 unspecified atom stereocenters. The summed E-state index contributed by atoms with van der Waals surface area (Å²) in [5, 5.41) is 3.19. The first-order valence-electron chi connectivity index (χ1n) is 6.21. The summed E-state index contributed by atoms with van der Waals surface area (Å²) >= 11 is 0. The molecule has 2 nitrogen and oxygen atoms in total. The molecule has 0 fully saturated rings. The molecule has 0 aliphatic rings. The summed E-state index contributed by atoms with van der Waals surface area (Å²) in [6, 6.07) is 19.5. The topological polar surface area (TPSA) is 15.3 Å². The fourth-order valence-electron chi connectivity index (χ4n) is 2.29. The van der Waals surface area contributed by atoms with E-state index in [2.05, 4.69) is 78.9 Å². The summed E-state index contributed by atoms with van der Waals surface area (Å²) in [5.41, 5.74) is 3.77. The Morgan fingerprint density at radius 3 is 2.17 bits per heavy atom. The van der Waals surface area contributed by atoms with Crippen molar-refractivity contribution >= 4 is 5.69 Å². The Kier molecular flexibility index (Phi) is 4.00. The highest BCUT2D eigenvalue weighted by atomic mass is 15.1. The predicted molar refractivity (Wildman–Crippen MR) is 78.0 cm³/mol. The van der Waals surface area contributed by atoms with Crippen LogP contribution in [0.5, 0.6) is 0 Å². The van der Waals surface area contributed by atoms with Crippen LogP contribution in [0.2, 0.25) is 0 Å². The van der Waals surface area contributed by atoms with Crippen LogP contribution in [0.15, 0.2) is 54.6 Å². The first-order valence-corrected chi connectivity index (χ1v) is 6.21. The van der Waals surface area contributed by atoms with E-state index in [-0.39, 0.29) is 0 Å². The zero-order valence-corrected chi connectivity index (χ0v) is 11.2. The SMILES string of the molecule is CNc1cccc(C(c2ccccc2)N(C)C)c1. The van der Waals surface area contributed by atoms with Crippen molar-refractivity contribution in [3.8, 4) is 0 Å². The van der Waals surface area contributed by atoms with Gasteiger partial charge in [0.1, 0.15) is 0 Å². The second-order valence-electron chi connectivity index (χ2n) is 4.65. The summed E-state index contributed by atoms with van der Waals surface area (Å²) in [5.74, 6) is 0. The van der Waals surface area contributed by atoms with Gasteiger partial charge in [0.05, 0.1) is 6.04 Å². The number of nitrogens with one attached hydrogen (secondary N) is 1. The lowest BCUT2D eigenvalue weighted by Gasteiger charge is -2.25. The molecule has 0 saturated carbocycles. The summed E-state index contributed by atoms with van der Waals surface area (Å²) in [7, 11) is 6.18. The molecular weight excluding hydrogens is 220 g/mol. The average molecular weight is 240 g/mol. The van der Waals surface area contributed by atoms with Gasteiger partial charge in [-0.2, -0.15) is 0 Å². The van der Waals surface area contributed by atoms with Gasteiger partial charge in [-0.05, 0) is 37.4 Å². The molecule has 0 spiro atoms. The molecule has 2 aromatic rings. The molecule has 2 rings (SSSR count). The Labute approximate surface area is 109 Å². The average Bonchev–Trinajstić information content (AvgIpc) is 2.40. The van der Waals surface area contributed by atoms with Gasteiger partial charge in [-0.25, -0.2) is 0 Å². The van der Waals surface area contributed by atoms with Crippen LogP contribution in [-0.4, -0.2) is 26.0 Å². The van der Waals surface area contributed by atoms with E-state index in [1.165, 1.54) is 11.1 Å². The molecule has 2 aromatic carbocycles. The van der Waals surface area contributed by atoms with Crippen molar-refractivity contribution in [3.63, 3.8) is 0 Å². The highest BCUT2D eigenvalue weighted by molar-refractivity contribution is 5.47. The largest absolute Gasteiger partial charge is 0.388 e. The molecule has 0 radical (unpaired) electrons. The molecule has 0 aliphatic heterocycles. The summed E-state index contributed by atoms with van der Waals surface area (Å²) < 4.78 is 0. The van der Waals surface area contributed by atoms with Gasteiger partial charge in [0.2, 0.25) is 0 Å². The van der Waals surface area contributed by atoms with E-state index in [0.717, 1.165) is 5.69 Å². The molecule has 0 aliphatic carbocycles. The minimum Gasteiger partial charge on any atom is -0.388 e. The monoisotopic (exact) mass is 240 g/mol. The molecule has 1 atom stereocenters. The van der Waals surface area contributed by atoms with Gasteiger partial charge in [0, 0.05) is 12.7 Å². The van der Waals surface area contributed by atoms with Crippen molar-refractivity contribution in [3.05, 3.63) is 65.7 Å². The maximum Gasteiger partial charge on any atom is 0.0597 e. The van der Waals surface area contributed by atoms with Crippen molar-refractivity contribution in [2.24, 2.45) is 0 Å². The molecule has 0 bridgehead atoms. The third-order valence-electron chi connectivity index (χ3n) is 3.12. The van der Waals surface area contributed by atoms with Crippen LogP contribution in [0.3, 0.4) is 0 Å². The maximum absolute atomic E-state index is 3.19. The highest BCUT2D eigenvalue weighted by Gasteiger charge is 2.16. The van der Waals surface area contributed by atoms with E-state index in [0.29, 0.717) is 6.04 Å². The molecule has 18 heavy (non-hydrogen) atoms. The quantitative estimate of drug-likeness (QED) is 0.881. The number of hydrogen-bond donors (Lipinski definition) is 1. The zero-order chi connectivity index (χ0) is 13.0. The van der Waals surface area contributed by atoms with Crippen molar-refractivity contribution in [2.75, 3.05) is 26.5 Å². The Morgan fingerprint density at radius 2 is 1.56 bits per heavy atom. The fraction of sp³-hybridized carbons (Fsp3) is 0.250. The van der Waals surface area contributed by atoms with Crippen molar-refractivity contribution in [2.45, 2.75) is 6.04 Å². The summed E-state index contributed by atoms with van der Waals surface area (Å²) in [4.78, 5) is 2.24. The minimum atomic E-state index is 0.291. The normalized spacial score (nSPS) is 12.4. The molecule has 0 heterocycles. The third kappa shape index (κ3) is 2.71. The second-order valence-corrected chi connectivity index (χ2v) is 4.65. The van der Waals surface area contributed by atoms with Crippen LogP contribution in [0.1, 0.15) is 17.2 Å². The lowest BCUT2D eigenvalue weighted by atomic mass is 9.97. The Bertz CT molecular complexity index is 491. The van der Waals surface area contributed by atoms with E-state index in [9.17, 15) is 0 Å². The molecular formula is C16H20N2. The second kappa shape index (κ2) is 5.69. The number of benzene rings is 2. The lowest BCUT2D eigenvalue weighted by Crippen LogP contribution is -2.21. The Morgan fingerprint density at radius 1 is 0.889 bits per heavy atom. The van der Waals surface area contributed by atoms with E-state index >= 15 is 0 Å². The first-order chi connectivity index (χ1) is 8.72. The third-order valence-corrected chi connectivity index (χ3v) is 3.12. The van der Waals surface area contributed by atoms with Gasteiger partial charge >= 0.3 is 0 Å². The molecule has 94 valence electrons. The van der Waals surface area contributed by atoms with Crippen LogP contribution in [0.4, 0.5) is 5.69 Å². The number of nitrogens with zero attached hydrogens (tertiary/aromatic N) is 1. The summed E-state index contributed by atoms with van der Waals surface area (Å²) in [6.07, 6.45) is 0. The van der Waals surface area contributed by atoms with Crippen LogP contribution in [0.25, 0.3) is 0 Å². The molecule has 0 amide bonds. The molecule has 1 N–H and O–H groups in total. The van der Waals surface area contributed by atoms with E-state index in [4.69, 9.17) is 0 Å². The van der Waals surface area contributed by atoms with E-state index in [1.807, 2.05) is 7.05 Å². The number of anilines is 1. The van der Waals surface area contributed by atoms with Gasteiger partial charge in [0.15, 0.2) is 0 Å². The smallest absolute Gasteiger partial charge is 0.0597 e. The Balaban J connectivity index is 2.42. The number of rotatable bonds is 4. The van der Waals surface area contributed by atoms with Crippen molar-refractivity contribution in [1.82, 2.24) is 4.90 Å². The van der Waals surface area contributed by atoms with Crippen molar-refractivity contribution < 1.29 is 0 Å². The molecule has 2 heteroatoms. The molecule has 0 aromatic heterocycles. The lowest BCUT2D eigenvalue weighted by molar-refractivity contribution is 0.342. The van der Waals surface area contributed by atoms with Crippen LogP contribution in [-0.2, 0) is 0 Å². The van der Waals surface area contributed by atoms with E-state index in [1.54, 1.807) is 0 Å². The minimum absolute atomic E-state index is 0.291. The van der Waals surface area contributed by atoms with Crippen LogP contribution in [0, 0.1) is 0 Å². The van der Waals surface area contributed by atoms with Crippen molar-refractivity contribution in [1.29, 1.82) is 0 Å². The van der Waals surface area contributed by atoms with Gasteiger partial charge in [-0.3, -0.25) is 4.90 Å². The summed E-state index contributed by atoms with van der Waals surface area (Å²) in [6.45, 7) is 0. The van der Waals surface area contributed by atoms with Gasteiger partial charge in [-0.1, -0.05) is 42.5 Å². The highest BCUT2D eigenvalue weighted by Crippen LogP contribution is 2.27. The maximum atomic E-state index is 3.19. The Hall–Kier alpha value is -1.80. The predicted octanol–water partition coefficient (Wildman–Crippen LogP) is 3.38. The molecule has 0 saturated heterocycles. The van der Waals surface area contributed by atoms with Gasteiger partial charge in [-0.15, -0.1) is 0 Å². The van der Waals surface area contributed by atoms with Crippen LogP contribution < -0.4 is 5.32 Å². The first kappa shape index (κ1) is 12.7. The fourth-order valence-corrected chi connectivity index (χ4v) is 2.29. The van der Waals surface area contributed by atoms with E-state index < -0.39 is 0 Å². The van der Waals surface area contributed by atoms with Gasteiger partial charge in [0.25, 0.3) is 0 Å². The standard InChI is InChI=1S/C16H20N2/c1-17-15-11-7-10-14(12-15)16(18(2)3)13-8-5-4-6-9-13/h4-12,16-17H,1-3H3. The zero-order valence-electron chi connectivity index (χ0n) is 11.2. The van der Waals surface area contributed by atoms with Crippen LogP contribution >= 0.6 is 0 Å². The van der Waals surface area contributed by atoms with Gasteiger partial charge < -0.3 is 5.32 Å².